The summed E-state index contributed by atoms with van der Waals surface area (Å²) in [6, 6.07) is 6.08. The molecule has 1 saturated heterocycles. The Morgan fingerprint density at radius 1 is 1.45 bits per heavy atom. The summed E-state index contributed by atoms with van der Waals surface area (Å²) in [5.41, 5.74) is 0.955. The number of halogens is 2. The Morgan fingerprint density at radius 3 is 3.05 bits per heavy atom. The highest BCUT2D eigenvalue weighted by molar-refractivity contribution is 9.10. The maximum Gasteiger partial charge on any atom is 0.245 e. The van der Waals surface area contributed by atoms with E-state index >= 15 is 0 Å². The van der Waals surface area contributed by atoms with Gasteiger partial charge in [-0.3, -0.25) is 5.10 Å². The Balaban J connectivity index is 1.86. The minimum Gasteiger partial charge on any atom is -0.337 e. The zero-order valence-corrected chi connectivity index (χ0v) is 13.4. The fourth-order valence-electron chi connectivity index (χ4n) is 2.31. The Labute approximate surface area is 130 Å². The molecule has 20 heavy (non-hydrogen) atoms. The van der Waals surface area contributed by atoms with Gasteiger partial charge < -0.3 is 10.2 Å². The van der Waals surface area contributed by atoms with Gasteiger partial charge in [-0.15, -0.1) is 5.10 Å². The maximum atomic E-state index is 5.96. The molecule has 1 aromatic carbocycles. The van der Waals surface area contributed by atoms with Crippen molar-refractivity contribution in [3.05, 3.63) is 27.7 Å². The second-order valence-electron chi connectivity index (χ2n) is 4.91. The van der Waals surface area contributed by atoms with E-state index < -0.39 is 0 Å². The quantitative estimate of drug-likeness (QED) is 0.868. The van der Waals surface area contributed by atoms with E-state index in [1.54, 1.807) is 0 Å². The lowest BCUT2D eigenvalue weighted by Crippen LogP contribution is -2.49. The first kappa shape index (κ1) is 13.9. The summed E-state index contributed by atoms with van der Waals surface area (Å²) in [5.74, 6) is 1.49. The van der Waals surface area contributed by atoms with E-state index in [2.05, 4.69) is 48.3 Å². The van der Waals surface area contributed by atoms with Gasteiger partial charge in [0.1, 0.15) is 0 Å². The number of hydrogen-bond donors (Lipinski definition) is 2. The zero-order chi connectivity index (χ0) is 14.1. The van der Waals surface area contributed by atoms with Crippen LogP contribution in [0.5, 0.6) is 0 Å². The highest BCUT2D eigenvalue weighted by Crippen LogP contribution is 2.29. The Hall–Kier alpha value is -1.11. The van der Waals surface area contributed by atoms with Crippen LogP contribution in [0.25, 0.3) is 11.4 Å². The molecule has 0 radical (unpaired) electrons. The van der Waals surface area contributed by atoms with Crippen LogP contribution in [-0.4, -0.2) is 40.9 Å². The number of rotatable bonds is 2. The van der Waals surface area contributed by atoms with Crippen molar-refractivity contribution in [2.75, 3.05) is 24.5 Å². The summed E-state index contributed by atoms with van der Waals surface area (Å²) in [6.07, 6.45) is 0. The number of hydrogen-bond acceptors (Lipinski definition) is 4. The molecule has 0 spiro atoms. The molecule has 0 bridgehead atoms. The van der Waals surface area contributed by atoms with E-state index in [0.717, 1.165) is 41.4 Å². The number of aromatic amines is 1. The minimum atomic E-state index is 0.452. The van der Waals surface area contributed by atoms with Crippen molar-refractivity contribution in [1.29, 1.82) is 0 Å². The fourth-order valence-corrected chi connectivity index (χ4v) is 3.18. The summed E-state index contributed by atoms with van der Waals surface area (Å²) in [7, 11) is 0. The Morgan fingerprint density at radius 2 is 2.30 bits per heavy atom. The second kappa shape index (κ2) is 5.71. The van der Waals surface area contributed by atoms with E-state index in [9.17, 15) is 0 Å². The molecule has 1 atom stereocenters. The highest BCUT2D eigenvalue weighted by Gasteiger charge is 2.20. The summed E-state index contributed by atoms with van der Waals surface area (Å²) in [5, 5.41) is 11.4. The molecule has 0 saturated carbocycles. The lowest BCUT2D eigenvalue weighted by Gasteiger charge is -2.30. The first-order valence-corrected chi connectivity index (χ1v) is 7.67. The third-order valence-corrected chi connectivity index (χ3v) is 4.20. The lowest BCUT2D eigenvalue weighted by atomic mass is 10.2. The van der Waals surface area contributed by atoms with Crippen molar-refractivity contribution in [2.24, 2.45) is 0 Å². The molecule has 1 fully saturated rings. The van der Waals surface area contributed by atoms with Gasteiger partial charge in [-0.1, -0.05) is 11.6 Å². The normalized spacial score (nSPS) is 19.4. The largest absolute Gasteiger partial charge is 0.337 e. The van der Waals surface area contributed by atoms with Crippen LogP contribution < -0.4 is 10.2 Å². The van der Waals surface area contributed by atoms with Crippen molar-refractivity contribution < 1.29 is 0 Å². The third-order valence-electron chi connectivity index (χ3n) is 3.31. The second-order valence-corrected chi connectivity index (χ2v) is 6.20. The topological polar surface area (TPSA) is 56.8 Å². The molecule has 1 aliphatic heterocycles. The van der Waals surface area contributed by atoms with E-state index in [1.165, 1.54) is 0 Å². The van der Waals surface area contributed by atoms with Gasteiger partial charge >= 0.3 is 0 Å². The van der Waals surface area contributed by atoms with E-state index in [1.807, 2.05) is 18.2 Å². The van der Waals surface area contributed by atoms with Crippen LogP contribution in [0.1, 0.15) is 6.92 Å². The predicted molar refractivity (Wildman–Crippen MR) is 84.2 cm³/mol. The highest BCUT2D eigenvalue weighted by atomic mass is 79.9. The van der Waals surface area contributed by atoms with Crippen LogP contribution in [0.2, 0.25) is 5.02 Å². The van der Waals surface area contributed by atoms with Crippen LogP contribution in [0, 0.1) is 0 Å². The molecule has 0 amide bonds. The zero-order valence-electron chi connectivity index (χ0n) is 11.0. The SMILES string of the molecule is C[C@H]1CN(c2n[nH]c(-c3ccc(Cl)cc3Br)n2)CCN1. The van der Waals surface area contributed by atoms with Gasteiger partial charge in [0.2, 0.25) is 5.95 Å². The first-order valence-electron chi connectivity index (χ1n) is 6.49. The monoisotopic (exact) mass is 355 g/mol. The molecular formula is C13H15BrClN5. The summed E-state index contributed by atoms with van der Waals surface area (Å²) < 4.78 is 0.904. The number of piperazine rings is 1. The number of anilines is 1. The predicted octanol–water partition coefficient (Wildman–Crippen LogP) is 2.69. The van der Waals surface area contributed by atoms with Gasteiger partial charge in [-0.25, -0.2) is 0 Å². The van der Waals surface area contributed by atoms with Crippen molar-refractivity contribution >= 4 is 33.5 Å². The Kier molecular flexibility index (Phi) is 3.96. The van der Waals surface area contributed by atoms with E-state index in [-0.39, 0.29) is 0 Å². The molecule has 2 aromatic rings. The van der Waals surface area contributed by atoms with Gasteiger partial charge in [0.05, 0.1) is 0 Å². The lowest BCUT2D eigenvalue weighted by molar-refractivity contribution is 0.480. The Bertz CT molecular complexity index is 615. The molecule has 106 valence electrons. The van der Waals surface area contributed by atoms with Crippen molar-refractivity contribution in [1.82, 2.24) is 20.5 Å². The first-order chi connectivity index (χ1) is 9.63. The molecule has 0 unspecified atom stereocenters. The smallest absolute Gasteiger partial charge is 0.245 e. The van der Waals surface area contributed by atoms with Crippen LogP contribution in [0.3, 0.4) is 0 Å². The van der Waals surface area contributed by atoms with Gasteiger partial charge in [0.15, 0.2) is 5.82 Å². The molecule has 3 rings (SSSR count). The summed E-state index contributed by atoms with van der Waals surface area (Å²) in [4.78, 5) is 6.77. The fraction of sp³-hybridized carbons (Fsp3) is 0.385. The van der Waals surface area contributed by atoms with Crippen molar-refractivity contribution in [3.8, 4) is 11.4 Å². The minimum absolute atomic E-state index is 0.452. The average molecular weight is 357 g/mol. The van der Waals surface area contributed by atoms with Crippen LogP contribution in [0.15, 0.2) is 22.7 Å². The molecule has 0 aliphatic carbocycles. The third kappa shape index (κ3) is 2.82. The van der Waals surface area contributed by atoms with Gasteiger partial charge in [-0.2, -0.15) is 4.98 Å². The number of benzene rings is 1. The van der Waals surface area contributed by atoms with Gasteiger partial charge in [0, 0.05) is 40.7 Å². The molecular weight excluding hydrogens is 342 g/mol. The van der Waals surface area contributed by atoms with Crippen LogP contribution >= 0.6 is 27.5 Å². The van der Waals surface area contributed by atoms with Gasteiger partial charge in [0.25, 0.3) is 0 Å². The number of nitrogens with one attached hydrogen (secondary N) is 2. The summed E-state index contributed by atoms with van der Waals surface area (Å²) >= 11 is 9.46. The molecule has 5 nitrogen and oxygen atoms in total. The van der Waals surface area contributed by atoms with Crippen molar-refractivity contribution in [3.63, 3.8) is 0 Å². The number of aromatic nitrogens is 3. The number of H-pyrrole nitrogens is 1. The number of nitrogens with zero attached hydrogens (tertiary/aromatic N) is 3. The van der Waals surface area contributed by atoms with Crippen LogP contribution in [-0.2, 0) is 0 Å². The van der Waals surface area contributed by atoms with E-state index in [0.29, 0.717) is 11.1 Å². The van der Waals surface area contributed by atoms with E-state index in [4.69, 9.17) is 11.6 Å². The molecule has 2 heterocycles. The maximum absolute atomic E-state index is 5.96. The van der Waals surface area contributed by atoms with Crippen LogP contribution in [0.4, 0.5) is 5.95 Å². The summed E-state index contributed by atoms with van der Waals surface area (Å²) in [6.45, 7) is 4.95. The molecule has 7 heteroatoms. The molecule has 1 aromatic heterocycles. The standard InChI is InChI=1S/C13H15BrClN5/c1-8-7-20(5-4-16-8)13-17-12(18-19-13)10-3-2-9(15)6-11(10)14/h2-3,6,8,16H,4-5,7H2,1H3,(H,17,18,19)/t8-/m0/s1. The average Bonchev–Trinajstić information content (AvgIpc) is 2.88. The van der Waals surface area contributed by atoms with Crippen molar-refractivity contribution in [2.45, 2.75) is 13.0 Å². The molecule has 2 N–H and O–H groups in total. The molecule has 1 aliphatic rings. The van der Waals surface area contributed by atoms with Gasteiger partial charge in [-0.05, 0) is 41.1 Å².